The zero-order valence-electron chi connectivity index (χ0n) is 44.9. The average Bonchev–Trinajstić information content (AvgIpc) is 4.05. The third-order valence-electron chi connectivity index (χ3n) is 14.3. The van der Waals surface area contributed by atoms with Gasteiger partial charge in [0.15, 0.2) is 0 Å². The van der Waals surface area contributed by atoms with E-state index in [1.54, 1.807) is 32.0 Å². The van der Waals surface area contributed by atoms with E-state index >= 15 is 0 Å². The second-order valence-electron chi connectivity index (χ2n) is 20.3. The molecule has 1 aromatic carbocycles. The van der Waals surface area contributed by atoms with Crippen LogP contribution >= 0.6 is 0 Å². The van der Waals surface area contributed by atoms with Crippen molar-refractivity contribution < 1.29 is 86.6 Å². The molecule has 2 fully saturated rings. The summed E-state index contributed by atoms with van der Waals surface area (Å²) >= 11 is 0. The van der Waals surface area contributed by atoms with E-state index < -0.39 is 193 Å². The summed E-state index contributed by atoms with van der Waals surface area (Å²) in [5, 5.41) is 52.0. The van der Waals surface area contributed by atoms with Crippen molar-refractivity contribution in [1.82, 2.24) is 57.5 Å². The number of aromatic amines is 1. The number of unbranched alkanes of at least 4 members (excludes halogenated alkanes) is 3. The van der Waals surface area contributed by atoms with E-state index in [-0.39, 0.29) is 42.1 Å². The Morgan fingerprint density at radius 2 is 1.51 bits per heavy atom. The molecule has 14 N–H and O–H groups in total. The van der Waals surface area contributed by atoms with E-state index in [2.05, 4.69) is 47.5 Å². The number of nitrogens with zero attached hydrogens (tertiary/aromatic N) is 2. The Morgan fingerprint density at radius 3 is 2.19 bits per heavy atom. The van der Waals surface area contributed by atoms with Gasteiger partial charge in [-0.2, -0.15) is 0 Å². The van der Waals surface area contributed by atoms with Crippen LogP contribution in [0.4, 0.5) is 4.79 Å². The average molecular weight is 1160 g/mol. The molecule has 11 atom stereocenters. The first-order valence-electron chi connectivity index (χ1n) is 26.6. The minimum atomic E-state index is -2.43. The van der Waals surface area contributed by atoms with Crippen LogP contribution in [0.5, 0.6) is 5.75 Å². The van der Waals surface area contributed by atoms with Gasteiger partial charge in [0.05, 0.1) is 67.0 Å². The Balaban J connectivity index is 1.38. The molecule has 30 nitrogen and oxygen atoms in total. The van der Waals surface area contributed by atoms with Crippen LogP contribution in [0.2, 0.25) is 0 Å². The number of carbonyl (C=O) groups excluding carboxylic acids is 12. The number of nitrogens with two attached hydrogens (primary N) is 1. The molecule has 2 bridgehead atoms. The molecule has 4 aliphatic heterocycles. The van der Waals surface area contributed by atoms with Gasteiger partial charge in [0.2, 0.25) is 53.2 Å². The van der Waals surface area contributed by atoms with Crippen LogP contribution in [0.25, 0.3) is 10.9 Å². The highest BCUT2D eigenvalue weighted by atomic mass is 32.2. The number of fused-ring (bicyclic) bond motifs is 5. The summed E-state index contributed by atoms with van der Waals surface area (Å²) in [4.78, 5) is 170. The van der Waals surface area contributed by atoms with Crippen LogP contribution in [0.3, 0.4) is 0 Å². The van der Waals surface area contributed by atoms with E-state index in [0.29, 0.717) is 48.3 Å². The van der Waals surface area contributed by atoms with Crippen LogP contribution in [0.1, 0.15) is 84.1 Å². The highest BCUT2D eigenvalue weighted by Gasteiger charge is 2.45. The smallest absolute Gasteiger partial charge is 0.432 e. The fourth-order valence-corrected chi connectivity index (χ4v) is 10.9. The minimum Gasteiger partial charge on any atom is -0.494 e. The summed E-state index contributed by atoms with van der Waals surface area (Å²) in [6.45, 7) is 2.05. The second-order valence-corrected chi connectivity index (χ2v) is 21.7. The SMILES string of the molecule is CC[C@H](C)C1NC(=O)CNC(=O)C2Cc3c([nH]c4cc(OCCCCCCNC(=O)ON5C(=O)CCC5=O)ccc34)S(=O)CC(NC(=O)CNC1=O)C(=O)N[C@@H](CC(N)=O)C(=O)N1CC(O)CC1C(=O)NC([C@@H](C)[C@@H](O)CO)C(=O)N2. The van der Waals surface area contributed by atoms with Crippen LogP contribution < -0.4 is 53.0 Å². The Labute approximate surface area is 466 Å². The number of aromatic nitrogens is 1. The van der Waals surface area contributed by atoms with Gasteiger partial charge in [0.25, 0.3) is 11.8 Å². The number of primary amides is 1. The summed E-state index contributed by atoms with van der Waals surface area (Å²) in [7, 11) is -2.43. The first kappa shape index (κ1) is 62.4. The normalized spacial score (nSPS) is 25.9. The number of imide groups is 1. The molecule has 444 valence electrons. The quantitative estimate of drug-likeness (QED) is 0.0553. The molecule has 5 heterocycles. The van der Waals surface area contributed by atoms with Crippen molar-refractivity contribution in [3.63, 3.8) is 0 Å². The molecule has 2 saturated heterocycles. The number of aliphatic hydroxyl groups excluding tert-OH is 3. The van der Waals surface area contributed by atoms with Gasteiger partial charge in [-0.3, -0.25) is 56.9 Å². The van der Waals surface area contributed by atoms with Crippen molar-refractivity contribution in [2.45, 2.75) is 138 Å². The van der Waals surface area contributed by atoms with E-state index in [9.17, 15) is 77.1 Å². The largest absolute Gasteiger partial charge is 0.494 e. The van der Waals surface area contributed by atoms with Gasteiger partial charge in [-0.15, -0.1) is 5.06 Å². The second kappa shape index (κ2) is 28.6. The van der Waals surface area contributed by atoms with E-state index in [1.807, 2.05) is 0 Å². The van der Waals surface area contributed by atoms with Crippen molar-refractivity contribution >= 4 is 92.8 Å². The van der Waals surface area contributed by atoms with E-state index in [4.69, 9.17) is 15.3 Å². The van der Waals surface area contributed by atoms with Crippen molar-refractivity contribution in [3.8, 4) is 5.75 Å². The topological polar surface area (TPSA) is 446 Å². The molecule has 0 radical (unpaired) electrons. The molecule has 2 aromatic rings. The fraction of sp³-hybridized carbons (Fsp3) is 0.600. The van der Waals surface area contributed by atoms with Crippen molar-refractivity contribution in [2.24, 2.45) is 17.6 Å². The highest BCUT2D eigenvalue weighted by Crippen LogP contribution is 2.31. The number of carbonyl (C=O) groups is 12. The van der Waals surface area contributed by atoms with Gasteiger partial charge in [-0.05, 0) is 36.5 Å². The Hall–Kier alpha value is -7.77. The van der Waals surface area contributed by atoms with Gasteiger partial charge in [0.1, 0.15) is 47.0 Å². The number of rotatable bonds is 16. The summed E-state index contributed by atoms with van der Waals surface area (Å²) in [6.07, 6.45) is -3.23. The molecule has 81 heavy (non-hydrogen) atoms. The summed E-state index contributed by atoms with van der Waals surface area (Å²) in [5.74, 6) is -12.9. The number of hydroxylamine groups is 2. The van der Waals surface area contributed by atoms with Crippen LogP contribution in [-0.4, -0.2) is 199 Å². The molecular formula is C50H70N12O18S. The lowest BCUT2D eigenvalue weighted by atomic mass is 9.93. The van der Waals surface area contributed by atoms with Crippen molar-refractivity contribution in [1.29, 1.82) is 0 Å². The monoisotopic (exact) mass is 1160 g/mol. The molecule has 7 unspecified atom stereocenters. The number of amides is 12. The molecule has 0 aliphatic carbocycles. The maximum Gasteiger partial charge on any atom is 0.432 e. The van der Waals surface area contributed by atoms with E-state index in [0.717, 1.165) is 4.90 Å². The number of H-pyrrole nitrogens is 1. The molecule has 6 rings (SSSR count). The lowest BCUT2D eigenvalue weighted by molar-refractivity contribution is -0.171. The van der Waals surface area contributed by atoms with Crippen LogP contribution in [-0.2, 0) is 74.8 Å². The van der Waals surface area contributed by atoms with Gasteiger partial charge < -0.3 is 83.0 Å². The zero-order valence-corrected chi connectivity index (χ0v) is 45.7. The predicted molar refractivity (Wildman–Crippen MR) is 280 cm³/mol. The van der Waals surface area contributed by atoms with Crippen LogP contribution in [0, 0.1) is 11.8 Å². The third-order valence-corrected chi connectivity index (χ3v) is 15.7. The maximum absolute atomic E-state index is 15.0. The Bertz CT molecular complexity index is 2760. The molecule has 0 spiro atoms. The lowest BCUT2D eigenvalue weighted by Gasteiger charge is -2.32. The Kier molecular flexibility index (Phi) is 22.0. The number of nitrogens with one attached hydrogen (secondary N) is 9. The summed E-state index contributed by atoms with van der Waals surface area (Å²) in [6, 6.07) is -5.47. The molecule has 1 aromatic heterocycles. The summed E-state index contributed by atoms with van der Waals surface area (Å²) < 4.78 is 21.0. The molecular weight excluding hydrogens is 1090 g/mol. The number of ether oxygens (including phenoxy) is 1. The summed E-state index contributed by atoms with van der Waals surface area (Å²) in [5.41, 5.74) is 5.89. The highest BCUT2D eigenvalue weighted by molar-refractivity contribution is 7.85. The Morgan fingerprint density at radius 1 is 0.827 bits per heavy atom. The third kappa shape index (κ3) is 16.4. The van der Waals surface area contributed by atoms with E-state index in [1.165, 1.54) is 6.92 Å². The first-order chi connectivity index (χ1) is 38.5. The van der Waals surface area contributed by atoms with Gasteiger partial charge in [-0.1, -0.05) is 40.0 Å². The first-order valence-corrected chi connectivity index (χ1v) is 27.9. The minimum absolute atomic E-state index is 0.0399. The number of benzene rings is 1. The van der Waals surface area contributed by atoms with Crippen LogP contribution in [0.15, 0.2) is 23.2 Å². The lowest BCUT2D eigenvalue weighted by Crippen LogP contribution is -2.62. The van der Waals surface area contributed by atoms with Gasteiger partial charge >= 0.3 is 6.09 Å². The van der Waals surface area contributed by atoms with Crippen molar-refractivity contribution in [3.05, 3.63) is 23.8 Å². The fourth-order valence-electron chi connectivity index (χ4n) is 9.52. The predicted octanol–water partition coefficient (Wildman–Crippen LogP) is -4.90. The van der Waals surface area contributed by atoms with Gasteiger partial charge in [0, 0.05) is 56.1 Å². The number of aliphatic hydroxyl groups is 3. The van der Waals surface area contributed by atoms with Gasteiger partial charge in [-0.25, -0.2) is 4.79 Å². The number of hydrogen-bond acceptors (Lipinski definition) is 18. The van der Waals surface area contributed by atoms with Crippen molar-refractivity contribution in [2.75, 3.05) is 45.1 Å². The maximum atomic E-state index is 15.0. The standard InChI is InChI=1S/C50H70N12O18S/c1-4-24(2)41-46(74)54-19-37(67)55-33-23-81(78)48-29(28-10-9-27(16-30(28)58-48)79-14-8-6-5-7-13-52-50(77)80-62-39(69)11-12-40(62)70)17-31(43(71)53-20-38(68)59-41)56-47(75)42(25(3)35(65)22-63)60-45(73)34-15-26(64)21-61(34)49(76)32(18-36(51)66)57-44(33)72/h9-10,16,24-26,31-35,41-42,58,63-65H,4-8,11-15,17-23H2,1-3H3,(H2,51,66)(H,52,77)(H,53,71)(H,54,74)(H,55,67)(H,56,75)(H,57,72)(H,59,68)(H,60,73)/t24-,25-,26?,31?,32-,33?,34?,35-,41?,42?,81?/m0/s1. The zero-order chi connectivity index (χ0) is 59.2. The molecule has 12 amide bonds. The molecule has 4 aliphatic rings. The number of hydrogen-bond donors (Lipinski definition) is 13. The molecule has 0 saturated carbocycles. The molecule has 31 heteroatoms.